The summed E-state index contributed by atoms with van der Waals surface area (Å²) in [6.07, 6.45) is 0. The van der Waals surface area contributed by atoms with E-state index in [0.717, 1.165) is 4.88 Å². The van der Waals surface area contributed by atoms with Crippen molar-refractivity contribution in [2.75, 3.05) is 0 Å². The van der Waals surface area contributed by atoms with Crippen molar-refractivity contribution in [3.8, 4) is 0 Å². The maximum atomic E-state index is 5.10. The molecule has 2 nitrogen and oxygen atoms in total. The quantitative estimate of drug-likeness (QED) is 0.665. The molecular formula is C7H11NOS. The fraction of sp³-hybridized carbons (Fsp3) is 0.429. The average molecular weight is 157 g/mol. The van der Waals surface area contributed by atoms with E-state index >= 15 is 0 Å². The van der Waals surface area contributed by atoms with E-state index in [2.05, 4.69) is 0 Å². The van der Waals surface area contributed by atoms with Gasteiger partial charge in [0.25, 0.3) is 0 Å². The SMILES string of the molecule is CC(C)(ON)c1cccs1. The molecule has 0 radical (unpaired) electrons. The van der Waals surface area contributed by atoms with Gasteiger partial charge in [0.05, 0.1) is 0 Å². The maximum absolute atomic E-state index is 5.10. The molecular weight excluding hydrogens is 146 g/mol. The van der Waals surface area contributed by atoms with Crippen LogP contribution in [0.4, 0.5) is 0 Å². The summed E-state index contributed by atoms with van der Waals surface area (Å²) in [5.41, 5.74) is -0.339. The molecule has 0 saturated heterocycles. The lowest BCUT2D eigenvalue weighted by atomic mass is 10.1. The molecule has 0 aromatic carbocycles. The molecule has 10 heavy (non-hydrogen) atoms. The van der Waals surface area contributed by atoms with Crippen molar-refractivity contribution >= 4 is 11.3 Å². The zero-order chi connectivity index (χ0) is 7.61. The normalized spacial score (nSPS) is 11.9. The van der Waals surface area contributed by atoms with E-state index < -0.39 is 0 Å². The summed E-state index contributed by atoms with van der Waals surface area (Å²) in [5, 5.41) is 2.01. The second-order valence-electron chi connectivity index (χ2n) is 2.61. The molecule has 0 aliphatic rings. The number of rotatable bonds is 2. The Morgan fingerprint density at radius 1 is 1.60 bits per heavy atom. The van der Waals surface area contributed by atoms with Crippen LogP contribution in [-0.2, 0) is 10.4 Å². The van der Waals surface area contributed by atoms with Crippen LogP contribution in [0.2, 0.25) is 0 Å². The van der Waals surface area contributed by atoms with Crippen molar-refractivity contribution in [2.45, 2.75) is 19.4 Å². The molecule has 0 unspecified atom stereocenters. The van der Waals surface area contributed by atoms with Crippen LogP contribution in [0, 0.1) is 0 Å². The third kappa shape index (κ3) is 1.37. The molecule has 56 valence electrons. The van der Waals surface area contributed by atoms with Crippen LogP contribution < -0.4 is 5.90 Å². The first-order valence-corrected chi connectivity index (χ1v) is 3.96. The highest BCUT2D eigenvalue weighted by Gasteiger charge is 2.20. The van der Waals surface area contributed by atoms with Gasteiger partial charge in [-0.15, -0.1) is 11.3 Å². The first kappa shape index (κ1) is 7.72. The van der Waals surface area contributed by atoms with E-state index in [1.54, 1.807) is 11.3 Å². The van der Waals surface area contributed by atoms with Gasteiger partial charge in [-0.1, -0.05) is 6.07 Å². The van der Waals surface area contributed by atoms with E-state index in [0.29, 0.717) is 0 Å². The Balaban J connectivity index is 2.85. The summed E-state index contributed by atoms with van der Waals surface area (Å²) < 4.78 is 0. The van der Waals surface area contributed by atoms with Crippen molar-refractivity contribution in [3.05, 3.63) is 22.4 Å². The molecule has 0 spiro atoms. The first-order valence-electron chi connectivity index (χ1n) is 3.08. The van der Waals surface area contributed by atoms with E-state index in [-0.39, 0.29) is 5.60 Å². The fourth-order valence-corrected chi connectivity index (χ4v) is 1.47. The van der Waals surface area contributed by atoms with E-state index in [9.17, 15) is 0 Å². The van der Waals surface area contributed by atoms with Crippen molar-refractivity contribution in [2.24, 2.45) is 5.90 Å². The smallest absolute Gasteiger partial charge is 0.118 e. The molecule has 0 amide bonds. The van der Waals surface area contributed by atoms with Crippen LogP contribution in [0.1, 0.15) is 18.7 Å². The highest BCUT2D eigenvalue weighted by Crippen LogP contribution is 2.26. The summed E-state index contributed by atoms with van der Waals surface area (Å²) in [7, 11) is 0. The van der Waals surface area contributed by atoms with Gasteiger partial charge < -0.3 is 0 Å². The van der Waals surface area contributed by atoms with Crippen molar-refractivity contribution in [1.82, 2.24) is 0 Å². The molecule has 0 saturated carbocycles. The molecule has 0 aliphatic heterocycles. The lowest BCUT2D eigenvalue weighted by Crippen LogP contribution is -2.23. The third-order valence-corrected chi connectivity index (χ3v) is 2.58. The summed E-state index contributed by atoms with van der Waals surface area (Å²) in [6, 6.07) is 4.00. The van der Waals surface area contributed by atoms with Gasteiger partial charge >= 0.3 is 0 Å². The Kier molecular flexibility index (Phi) is 2.08. The second kappa shape index (κ2) is 2.70. The van der Waals surface area contributed by atoms with Crippen LogP contribution in [0.15, 0.2) is 17.5 Å². The molecule has 1 rings (SSSR count). The summed E-state index contributed by atoms with van der Waals surface area (Å²) in [5.74, 6) is 5.10. The van der Waals surface area contributed by atoms with Crippen LogP contribution in [-0.4, -0.2) is 0 Å². The minimum Gasteiger partial charge on any atom is -0.293 e. The lowest BCUT2D eigenvalue weighted by Gasteiger charge is -2.19. The molecule has 0 atom stereocenters. The summed E-state index contributed by atoms with van der Waals surface area (Å²) in [4.78, 5) is 5.94. The highest BCUT2D eigenvalue weighted by atomic mass is 32.1. The highest BCUT2D eigenvalue weighted by molar-refractivity contribution is 7.10. The largest absolute Gasteiger partial charge is 0.293 e. The van der Waals surface area contributed by atoms with E-state index in [4.69, 9.17) is 10.7 Å². The third-order valence-electron chi connectivity index (χ3n) is 1.41. The molecule has 1 heterocycles. The zero-order valence-electron chi connectivity index (χ0n) is 6.13. The number of hydrogen-bond acceptors (Lipinski definition) is 3. The van der Waals surface area contributed by atoms with Crippen molar-refractivity contribution in [3.63, 3.8) is 0 Å². The van der Waals surface area contributed by atoms with Gasteiger partial charge in [0.2, 0.25) is 0 Å². The predicted molar refractivity (Wildman–Crippen MR) is 42.6 cm³/mol. The van der Waals surface area contributed by atoms with Gasteiger partial charge in [-0.25, -0.2) is 5.90 Å². The fourth-order valence-electron chi connectivity index (χ4n) is 0.679. The van der Waals surface area contributed by atoms with Crippen molar-refractivity contribution < 1.29 is 4.84 Å². The number of hydrogen-bond donors (Lipinski definition) is 1. The average Bonchev–Trinajstić information content (AvgIpc) is 2.38. The molecule has 1 aromatic heterocycles. The molecule has 0 aliphatic carbocycles. The monoisotopic (exact) mass is 157 g/mol. The predicted octanol–water partition coefficient (Wildman–Crippen LogP) is 1.87. The number of nitrogens with two attached hydrogens (primary N) is 1. The standard InChI is InChI=1S/C7H11NOS/c1-7(2,9-8)6-4-3-5-10-6/h3-5H,8H2,1-2H3. The van der Waals surface area contributed by atoms with Crippen LogP contribution in [0.3, 0.4) is 0 Å². The van der Waals surface area contributed by atoms with E-state index in [1.165, 1.54) is 0 Å². The van der Waals surface area contributed by atoms with Gasteiger partial charge in [0, 0.05) is 4.88 Å². The lowest BCUT2D eigenvalue weighted by molar-refractivity contribution is -0.0208. The van der Waals surface area contributed by atoms with Crippen LogP contribution in [0.25, 0.3) is 0 Å². The summed E-state index contributed by atoms with van der Waals surface area (Å²) >= 11 is 1.65. The van der Waals surface area contributed by atoms with Crippen LogP contribution >= 0.6 is 11.3 Å². The van der Waals surface area contributed by atoms with E-state index in [1.807, 2.05) is 31.4 Å². The molecule has 1 aromatic rings. The molecule has 0 bridgehead atoms. The Morgan fingerprint density at radius 3 is 2.70 bits per heavy atom. The molecule has 2 N–H and O–H groups in total. The maximum Gasteiger partial charge on any atom is 0.118 e. The Labute approximate surface area is 64.6 Å². The Hall–Kier alpha value is -0.380. The van der Waals surface area contributed by atoms with Gasteiger partial charge in [-0.2, -0.15) is 0 Å². The van der Waals surface area contributed by atoms with Gasteiger partial charge in [0.1, 0.15) is 5.60 Å². The van der Waals surface area contributed by atoms with Gasteiger partial charge in [0.15, 0.2) is 0 Å². The topological polar surface area (TPSA) is 35.2 Å². The second-order valence-corrected chi connectivity index (χ2v) is 3.55. The summed E-state index contributed by atoms with van der Waals surface area (Å²) in [6.45, 7) is 3.89. The number of thiophene rings is 1. The Morgan fingerprint density at radius 2 is 2.30 bits per heavy atom. The molecule has 0 fully saturated rings. The zero-order valence-corrected chi connectivity index (χ0v) is 6.94. The minimum absolute atomic E-state index is 0.339. The molecule has 3 heteroatoms. The van der Waals surface area contributed by atoms with Gasteiger partial charge in [-0.05, 0) is 25.3 Å². The minimum atomic E-state index is -0.339. The Bertz CT molecular complexity index is 193. The van der Waals surface area contributed by atoms with Gasteiger partial charge in [-0.3, -0.25) is 4.84 Å². The van der Waals surface area contributed by atoms with Crippen LogP contribution in [0.5, 0.6) is 0 Å². The van der Waals surface area contributed by atoms with Crippen molar-refractivity contribution in [1.29, 1.82) is 0 Å². The first-order chi connectivity index (χ1) is 4.67.